The normalized spacial score (nSPS) is 11.8. The Morgan fingerprint density at radius 3 is 2.48 bits per heavy atom. The average Bonchev–Trinajstić information content (AvgIpc) is 2.50. The number of amides is 1. The summed E-state index contributed by atoms with van der Waals surface area (Å²) in [7, 11) is 0. The van der Waals surface area contributed by atoms with Gasteiger partial charge in [-0.25, -0.2) is 0 Å². The van der Waals surface area contributed by atoms with E-state index in [0.717, 1.165) is 5.56 Å². The number of nitrogens with two attached hydrogens (primary N) is 1. The number of carbonyl (C=O) groups is 1. The second-order valence-corrected chi connectivity index (χ2v) is 5.17. The third-order valence-corrected chi connectivity index (χ3v) is 3.66. The van der Waals surface area contributed by atoms with Crippen LogP contribution in [0, 0.1) is 5.92 Å². The largest absolute Gasteiger partial charge is 0.338 e. The molecule has 114 valence electrons. The highest BCUT2D eigenvalue weighted by atomic mass is 35.5. The second kappa shape index (κ2) is 8.01. The summed E-state index contributed by atoms with van der Waals surface area (Å²) in [4.78, 5) is 14.1. The predicted octanol–water partition coefficient (Wildman–Crippen LogP) is 3.20. The molecule has 21 heavy (non-hydrogen) atoms. The van der Waals surface area contributed by atoms with Crippen LogP contribution in [0.1, 0.15) is 19.4 Å². The Balaban J connectivity index is 0.00000220. The number of benzene rings is 2. The zero-order valence-electron chi connectivity index (χ0n) is 12.6. The lowest BCUT2D eigenvalue weighted by molar-refractivity contribution is -0.135. The van der Waals surface area contributed by atoms with Crippen LogP contribution < -0.4 is 5.73 Å². The van der Waals surface area contributed by atoms with E-state index in [4.69, 9.17) is 5.73 Å². The molecule has 0 saturated heterocycles. The van der Waals surface area contributed by atoms with Crippen molar-refractivity contribution in [1.29, 1.82) is 0 Å². The summed E-state index contributed by atoms with van der Waals surface area (Å²) in [6, 6.07) is 14.6. The Morgan fingerprint density at radius 2 is 1.86 bits per heavy atom. The molecule has 0 heterocycles. The van der Waals surface area contributed by atoms with E-state index in [2.05, 4.69) is 30.3 Å². The molecule has 2 rings (SSSR count). The molecule has 0 fully saturated rings. The standard InChI is InChI=1S/C17H22N2O.ClH/c1-3-19(17(20)13(2)11-18)12-14-8-9-15-6-4-5-7-16(15)10-14;/h4-10,13H,3,11-12,18H2,1-2H3;1H. The second-order valence-electron chi connectivity index (χ2n) is 5.17. The van der Waals surface area contributed by atoms with Crippen molar-refractivity contribution in [2.45, 2.75) is 20.4 Å². The van der Waals surface area contributed by atoms with Crippen LogP contribution >= 0.6 is 12.4 Å². The molecular weight excluding hydrogens is 284 g/mol. The summed E-state index contributed by atoms with van der Waals surface area (Å²) in [5.74, 6) is 0.0126. The molecule has 1 unspecified atom stereocenters. The lowest BCUT2D eigenvalue weighted by atomic mass is 10.1. The Labute approximate surface area is 132 Å². The molecule has 4 heteroatoms. The van der Waals surface area contributed by atoms with Crippen LogP contribution in [0.2, 0.25) is 0 Å². The smallest absolute Gasteiger partial charge is 0.226 e. The molecule has 2 aromatic carbocycles. The predicted molar refractivity (Wildman–Crippen MR) is 90.5 cm³/mol. The van der Waals surface area contributed by atoms with Gasteiger partial charge in [-0.05, 0) is 29.3 Å². The van der Waals surface area contributed by atoms with Crippen molar-refractivity contribution in [3.05, 3.63) is 48.0 Å². The van der Waals surface area contributed by atoms with Gasteiger partial charge in [-0.1, -0.05) is 43.3 Å². The molecule has 1 amide bonds. The van der Waals surface area contributed by atoms with Gasteiger partial charge in [-0.2, -0.15) is 0 Å². The first-order valence-electron chi connectivity index (χ1n) is 7.12. The number of fused-ring (bicyclic) bond motifs is 1. The lowest BCUT2D eigenvalue weighted by Crippen LogP contribution is -2.37. The molecule has 0 aromatic heterocycles. The Bertz CT molecular complexity index is 600. The maximum absolute atomic E-state index is 12.2. The number of halogens is 1. The van der Waals surface area contributed by atoms with Crippen LogP contribution in [-0.4, -0.2) is 23.9 Å². The van der Waals surface area contributed by atoms with Crippen LogP contribution in [0.3, 0.4) is 0 Å². The van der Waals surface area contributed by atoms with Gasteiger partial charge >= 0.3 is 0 Å². The van der Waals surface area contributed by atoms with Crippen molar-refractivity contribution in [3.8, 4) is 0 Å². The topological polar surface area (TPSA) is 46.3 Å². The number of carbonyl (C=O) groups excluding carboxylic acids is 1. The third kappa shape index (κ3) is 4.19. The van der Waals surface area contributed by atoms with Gasteiger partial charge in [-0.3, -0.25) is 4.79 Å². The highest BCUT2D eigenvalue weighted by Crippen LogP contribution is 2.17. The zero-order chi connectivity index (χ0) is 14.5. The summed E-state index contributed by atoms with van der Waals surface area (Å²) >= 11 is 0. The zero-order valence-corrected chi connectivity index (χ0v) is 13.4. The van der Waals surface area contributed by atoms with Crippen LogP contribution in [-0.2, 0) is 11.3 Å². The number of rotatable bonds is 5. The van der Waals surface area contributed by atoms with E-state index < -0.39 is 0 Å². The van der Waals surface area contributed by atoms with E-state index in [1.807, 2.05) is 30.9 Å². The maximum Gasteiger partial charge on any atom is 0.226 e. The molecule has 0 saturated carbocycles. The molecular formula is C17H23ClN2O. The molecule has 3 nitrogen and oxygen atoms in total. The number of nitrogens with zero attached hydrogens (tertiary/aromatic N) is 1. The molecule has 0 aliphatic rings. The quantitative estimate of drug-likeness (QED) is 0.922. The first-order chi connectivity index (χ1) is 9.65. The third-order valence-electron chi connectivity index (χ3n) is 3.66. The SMILES string of the molecule is CCN(Cc1ccc2ccccc2c1)C(=O)C(C)CN.Cl. The molecule has 2 N–H and O–H groups in total. The van der Waals surface area contributed by atoms with Crippen LogP contribution in [0.25, 0.3) is 10.8 Å². The van der Waals surface area contributed by atoms with Gasteiger partial charge in [0.15, 0.2) is 0 Å². The van der Waals surface area contributed by atoms with Crippen molar-refractivity contribution >= 4 is 29.1 Å². The molecule has 0 aliphatic carbocycles. The Kier molecular flexibility index (Phi) is 6.66. The van der Waals surface area contributed by atoms with Gasteiger partial charge in [0, 0.05) is 25.6 Å². The minimum Gasteiger partial charge on any atom is -0.338 e. The summed E-state index contributed by atoms with van der Waals surface area (Å²) in [6.45, 7) is 5.63. The fourth-order valence-electron chi connectivity index (χ4n) is 2.32. The molecule has 0 bridgehead atoms. The Morgan fingerprint density at radius 1 is 1.19 bits per heavy atom. The lowest BCUT2D eigenvalue weighted by Gasteiger charge is -2.24. The number of hydrogen-bond donors (Lipinski definition) is 1. The van der Waals surface area contributed by atoms with Crippen LogP contribution in [0.5, 0.6) is 0 Å². The van der Waals surface area contributed by atoms with E-state index in [1.54, 1.807) is 0 Å². The van der Waals surface area contributed by atoms with Gasteiger partial charge < -0.3 is 10.6 Å². The first-order valence-corrected chi connectivity index (χ1v) is 7.12. The fourth-order valence-corrected chi connectivity index (χ4v) is 2.32. The van der Waals surface area contributed by atoms with Gasteiger partial charge in [-0.15, -0.1) is 12.4 Å². The van der Waals surface area contributed by atoms with E-state index in [0.29, 0.717) is 19.6 Å². The van der Waals surface area contributed by atoms with Crippen molar-refractivity contribution in [2.24, 2.45) is 11.7 Å². The molecule has 0 spiro atoms. The highest BCUT2D eigenvalue weighted by molar-refractivity contribution is 5.85. The minimum atomic E-state index is -0.115. The molecule has 0 radical (unpaired) electrons. The van der Waals surface area contributed by atoms with Crippen molar-refractivity contribution < 1.29 is 4.79 Å². The molecule has 2 aromatic rings. The molecule has 1 atom stereocenters. The van der Waals surface area contributed by atoms with E-state index in [1.165, 1.54) is 10.8 Å². The average molecular weight is 307 g/mol. The van der Waals surface area contributed by atoms with Crippen molar-refractivity contribution in [1.82, 2.24) is 4.90 Å². The van der Waals surface area contributed by atoms with Crippen LogP contribution in [0.15, 0.2) is 42.5 Å². The highest BCUT2D eigenvalue weighted by Gasteiger charge is 2.18. The summed E-state index contributed by atoms with van der Waals surface area (Å²) in [5.41, 5.74) is 6.74. The summed E-state index contributed by atoms with van der Waals surface area (Å²) in [5, 5.41) is 2.43. The minimum absolute atomic E-state index is 0. The van der Waals surface area contributed by atoms with Gasteiger partial charge in [0.1, 0.15) is 0 Å². The fraction of sp³-hybridized carbons (Fsp3) is 0.353. The Hall–Kier alpha value is -1.58. The first kappa shape index (κ1) is 17.5. The van der Waals surface area contributed by atoms with E-state index >= 15 is 0 Å². The van der Waals surface area contributed by atoms with Gasteiger partial charge in [0.2, 0.25) is 5.91 Å². The van der Waals surface area contributed by atoms with Crippen molar-refractivity contribution in [2.75, 3.05) is 13.1 Å². The van der Waals surface area contributed by atoms with E-state index in [9.17, 15) is 4.79 Å². The van der Waals surface area contributed by atoms with Gasteiger partial charge in [0.05, 0.1) is 0 Å². The number of hydrogen-bond acceptors (Lipinski definition) is 2. The maximum atomic E-state index is 12.2. The monoisotopic (exact) mass is 306 g/mol. The van der Waals surface area contributed by atoms with E-state index in [-0.39, 0.29) is 24.2 Å². The van der Waals surface area contributed by atoms with Gasteiger partial charge in [0.25, 0.3) is 0 Å². The van der Waals surface area contributed by atoms with Crippen LogP contribution in [0.4, 0.5) is 0 Å². The summed E-state index contributed by atoms with van der Waals surface area (Å²) in [6.07, 6.45) is 0. The summed E-state index contributed by atoms with van der Waals surface area (Å²) < 4.78 is 0. The molecule has 0 aliphatic heterocycles. The van der Waals surface area contributed by atoms with Crippen molar-refractivity contribution in [3.63, 3.8) is 0 Å².